The first-order chi connectivity index (χ1) is 7.15. The Bertz CT molecular complexity index is 394. The Morgan fingerprint density at radius 2 is 1.24 bits per heavy atom. The summed E-state index contributed by atoms with van der Waals surface area (Å²) in [4.78, 5) is 0. The van der Waals surface area contributed by atoms with Gasteiger partial charge in [-0.3, -0.25) is 0 Å². The van der Waals surface area contributed by atoms with Crippen molar-refractivity contribution in [1.82, 2.24) is 0 Å². The van der Waals surface area contributed by atoms with E-state index in [2.05, 4.69) is 0 Å². The summed E-state index contributed by atoms with van der Waals surface area (Å²) in [6, 6.07) is 0. The molecule has 98 valence electrons. The molecule has 0 nitrogen and oxygen atoms in total. The van der Waals surface area contributed by atoms with Crippen molar-refractivity contribution in [1.29, 1.82) is 0 Å². The van der Waals surface area contributed by atoms with E-state index in [1.54, 1.807) is 0 Å². The Kier molecular flexibility index (Phi) is 5.01. The fraction of sp³-hybridized carbons (Fsp3) is 0.455. The minimum Gasteiger partial charge on any atom is -0.203 e. The molecular formula is C11H13F5S. The van der Waals surface area contributed by atoms with Crippen molar-refractivity contribution >= 4 is 13.5 Å². The van der Waals surface area contributed by atoms with E-state index in [-0.39, 0.29) is 35.7 Å². The van der Waals surface area contributed by atoms with Crippen LogP contribution in [0.25, 0.3) is 0 Å². The Balaban J connectivity index is 0.00000256. The number of halogens is 5. The van der Waals surface area contributed by atoms with Gasteiger partial charge in [0, 0.05) is 0 Å². The lowest BCUT2D eigenvalue weighted by molar-refractivity contribution is -0.127. The first-order valence-electron chi connectivity index (χ1n) is 4.65. The van der Waals surface area contributed by atoms with Gasteiger partial charge in [-0.2, -0.15) is 26.7 Å². The van der Waals surface area contributed by atoms with Crippen LogP contribution < -0.4 is 0 Å². The first-order valence-corrected chi connectivity index (χ1v) is 4.65. The standard InChI is InChI=1S/C11H11F5.H2S/c1-5-6(2)9(12)10(13)7(3)8(5)4-11(14,15)16;/h4H2,1-3H3;1H2. The highest BCUT2D eigenvalue weighted by atomic mass is 32.1. The van der Waals surface area contributed by atoms with Crippen LogP contribution >= 0.6 is 13.5 Å². The van der Waals surface area contributed by atoms with Gasteiger partial charge in [0.2, 0.25) is 0 Å². The molecule has 0 bridgehead atoms. The van der Waals surface area contributed by atoms with E-state index >= 15 is 0 Å². The van der Waals surface area contributed by atoms with Crippen molar-refractivity contribution in [2.24, 2.45) is 0 Å². The molecule has 0 aliphatic heterocycles. The van der Waals surface area contributed by atoms with E-state index in [4.69, 9.17) is 0 Å². The summed E-state index contributed by atoms with van der Waals surface area (Å²) in [7, 11) is 0. The molecule has 0 saturated carbocycles. The van der Waals surface area contributed by atoms with Crippen molar-refractivity contribution in [2.75, 3.05) is 0 Å². The molecule has 0 aromatic heterocycles. The molecule has 0 N–H and O–H groups in total. The molecular weight excluding hydrogens is 259 g/mol. The molecule has 0 saturated heterocycles. The maximum atomic E-state index is 13.3. The number of benzene rings is 1. The molecule has 0 aliphatic carbocycles. The molecule has 1 rings (SSSR count). The third-order valence-corrected chi connectivity index (χ3v) is 2.70. The zero-order valence-electron chi connectivity index (χ0n) is 9.60. The third kappa shape index (κ3) is 3.34. The van der Waals surface area contributed by atoms with Crippen LogP contribution in [0, 0.1) is 32.4 Å². The highest BCUT2D eigenvalue weighted by Gasteiger charge is 2.31. The number of rotatable bonds is 1. The molecule has 17 heavy (non-hydrogen) atoms. The van der Waals surface area contributed by atoms with E-state index < -0.39 is 24.2 Å². The predicted molar refractivity (Wildman–Crippen MR) is 60.7 cm³/mol. The maximum absolute atomic E-state index is 13.3. The SMILES string of the molecule is Cc1c(C)c(CC(F)(F)F)c(C)c(F)c1F.S. The van der Waals surface area contributed by atoms with Gasteiger partial charge in [0.25, 0.3) is 0 Å². The monoisotopic (exact) mass is 272 g/mol. The van der Waals surface area contributed by atoms with E-state index in [1.165, 1.54) is 13.8 Å². The van der Waals surface area contributed by atoms with Gasteiger partial charge in [0.1, 0.15) is 0 Å². The molecule has 0 radical (unpaired) electrons. The number of hydrogen-bond donors (Lipinski definition) is 0. The number of hydrogen-bond acceptors (Lipinski definition) is 0. The van der Waals surface area contributed by atoms with Gasteiger partial charge >= 0.3 is 6.18 Å². The van der Waals surface area contributed by atoms with E-state index in [0.717, 1.165) is 6.92 Å². The van der Waals surface area contributed by atoms with Crippen LogP contribution in [0.2, 0.25) is 0 Å². The van der Waals surface area contributed by atoms with Crippen LogP contribution in [0.4, 0.5) is 22.0 Å². The predicted octanol–water partition coefficient (Wildman–Crippen LogP) is 4.11. The fourth-order valence-corrected chi connectivity index (χ4v) is 1.60. The molecule has 0 spiro atoms. The smallest absolute Gasteiger partial charge is 0.203 e. The van der Waals surface area contributed by atoms with Crippen LogP contribution in [0.3, 0.4) is 0 Å². The van der Waals surface area contributed by atoms with Gasteiger partial charge in [-0.05, 0) is 43.0 Å². The average molecular weight is 272 g/mol. The van der Waals surface area contributed by atoms with Crippen LogP contribution in [0.1, 0.15) is 22.3 Å². The van der Waals surface area contributed by atoms with Gasteiger partial charge in [-0.25, -0.2) is 8.78 Å². The van der Waals surface area contributed by atoms with Gasteiger partial charge in [-0.15, -0.1) is 0 Å². The lowest BCUT2D eigenvalue weighted by Crippen LogP contribution is -2.16. The van der Waals surface area contributed by atoms with E-state index in [0.29, 0.717) is 0 Å². The van der Waals surface area contributed by atoms with Gasteiger partial charge in [0.05, 0.1) is 6.42 Å². The van der Waals surface area contributed by atoms with Crippen molar-refractivity contribution in [2.45, 2.75) is 33.4 Å². The number of alkyl halides is 3. The van der Waals surface area contributed by atoms with E-state index in [1.807, 2.05) is 0 Å². The van der Waals surface area contributed by atoms with Crippen molar-refractivity contribution in [3.8, 4) is 0 Å². The third-order valence-electron chi connectivity index (χ3n) is 2.70. The second kappa shape index (κ2) is 5.25. The zero-order chi connectivity index (χ0) is 12.7. The minimum absolute atomic E-state index is 0. The second-order valence-corrected chi connectivity index (χ2v) is 3.77. The Morgan fingerprint density at radius 3 is 1.65 bits per heavy atom. The summed E-state index contributed by atoms with van der Waals surface area (Å²) in [6.07, 6.45) is -5.66. The molecule has 0 unspecified atom stereocenters. The lowest BCUT2D eigenvalue weighted by atomic mass is 9.95. The average Bonchev–Trinajstić information content (AvgIpc) is 2.17. The first kappa shape index (κ1) is 16.2. The Hall–Kier alpha value is -0.780. The van der Waals surface area contributed by atoms with Crippen molar-refractivity contribution in [3.63, 3.8) is 0 Å². The van der Waals surface area contributed by atoms with Crippen LogP contribution in [0.15, 0.2) is 0 Å². The molecule has 1 aromatic carbocycles. The fourth-order valence-electron chi connectivity index (χ4n) is 1.60. The molecule has 6 heteroatoms. The summed E-state index contributed by atoms with van der Waals surface area (Å²) in [5.74, 6) is -2.26. The lowest BCUT2D eigenvalue weighted by Gasteiger charge is -2.16. The topological polar surface area (TPSA) is 0 Å². The Morgan fingerprint density at radius 1 is 0.824 bits per heavy atom. The van der Waals surface area contributed by atoms with E-state index in [9.17, 15) is 22.0 Å². The Labute approximate surface area is 103 Å². The second-order valence-electron chi connectivity index (χ2n) is 3.77. The van der Waals surface area contributed by atoms with Gasteiger partial charge < -0.3 is 0 Å². The zero-order valence-corrected chi connectivity index (χ0v) is 10.6. The van der Waals surface area contributed by atoms with Crippen LogP contribution in [-0.4, -0.2) is 6.18 Å². The molecule has 1 aromatic rings. The summed E-state index contributed by atoms with van der Waals surface area (Å²) in [6.45, 7) is 3.80. The maximum Gasteiger partial charge on any atom is 0.393 e. The minimum atomic E-state index is -4.42. The van der Waals surface area contributed by atoms with Crippen molar-refractivity contribution in [3.05, 3.63) is 33.9 Å². The van der Waals surface area contributed by atoms with Gasteiger partial charge in [-0.1, -0.05) is 0 Å². The highest BCUT2D eigenvalue weighted by Crippen LogP contribution is 2.30. The summed E-state index contributed by atoms with van der Waals surface area (Å²) < 4.78 is 63.2. The molecule has 0 atom stereocenters. The molecule has 0 amide bonds. The van der Waals surface area contributed by atoms with Crippen LogP contribution in [0.5, 0.6) is 0 Å². The molecule has 0 fully saturated rings. The van der Waals surface area contributed by atoms with Crippen LogP contribution in [-0.2, 0) is 6.42 Å². The normalized spacial score (nSPS) is 11.3. The molecule has 0 aliphatic rings. The highest BCUT2D eigenvalue weighted by molar-refractivity contribution is 7.59. The summed E-state index contributed by atoms with van der Waals surface area (Å²) >= 11 is 0. The van der Waals surface area contributed by atoms with Gasteiger partial charge in [0.15, 0.2) is 11.6 Å². The quantitative estimate of drug-likeness (QED) is 0.675. The van der Waals surface area contributed by atoms with Crippen molar-refractivity contribution < 1.29 is 22.0 Å². The summed E-state index contributed by atoms with van der Waals surface area (Å²) in [5.41, 5.74) is -0.349. The largest absolute Gasteiger partial charge is 0.393 e. The summed E-state index contributed by atoms with van der Waals surface area (Å²) in [5, 5.41) is 0. The molecule has 0 heterocycles.